The van der Waals surface area contributed by atoms with Gasteiger partial charge in [0.1, 0.15) is 0 Å². The first-order valence-electron chi connectivity index (χ1n) is 4.97. The van der Waals surface area contributed by atoms with E-state index in [1.54, 1.807) is 12.4 Å². The molecule has 0 aromatic carbocycles. The highest BCUT2D eigenvalue weighted by Gasteiger charge is 2.26. The molecule has 76 valence electrons. The summed E-state index contributed by atoms with van der Waals surface area (Å²) in [6.07, 6.45) is 5.30. The molecule has 0 radical (unpaired) electrons. The Bertz CT molecular complexity index is 283. The van der Waals surface area contributed by atoms with E-state index in [4.69, 9.17) is 0 Å². The van der Waals surface area contributed by atoms with Crippen LogP contribution in [0.1, 0.15) is 18.7 Å². The van der Waals surface area contributed by atoms with Crippen molar-refractivity contribution in [3.63, 3.8) is 0 Å². The number of aromatic nitrogens is 2. The van der Waals surface area contributed by atoms with Crippen LogP contribution in [0.2, 0.25) is 0 Å². The summed E-state index contributed by atoms with van der Waals surface area (Å²) in [5.41, 5.74) is 1.04. The number of hydrogen-bond acceptors (Lipinski definition) is 4. The summed E-state index contributed by atoms with van der Waals surface area (Å²) in [4.78, 5) is 10.8. The Labute approximate surface area is 84.4 Å². The molecular weight excluding hydrogens is 176 g/mol. The van der Waals surface area contributed by atoms with Gasteiger partial charge in [0.25, 0.3) is 0 Å². The first-order valence-corrected chi connectivity index (χ1v) is 4.97. The zero-order chi connectivity index (χ0) is 9.97. The summed E-state index contributed by atoms with van der Waals surface area (Å²) < 4.78 is 0. The van der Waals surface area contributed by atoms with Crippen molar-refractivity contribution < 1.29 is 0 Å². The van der Waals surface area contributed by atoms with Crippen LogP contribution in [-0.4, -0.2) is 41.0 Å². The molecule has 14 heavy (non-hydrogen) atoms. The first-order chi connectivity index (χ1) is 6.79. The van der Waals surface area contributed by atoms with Crippen molar-refractivity contribution in [2.24, 2.45) is 0 Å². The Morgan fingerprint density at radius 2 is 2.29 bits per heavy atom. The molecule has 1 aliphatic heterocycles. The number of nitrogens with one attached hydrogen (secondary N) is 1. The summed E-state index contributed by atoms with van der Waals surface area (Å²) in [6, 6.07) is 0.989. The molecule has 1 aromatic heterocycles. The van der Waals surface area contributed by atoms with Gasteiger partial charge in [0.15, 0.2) is 0 Å². The molecule has 1 atom stereocenters. The minimum absolute atomic E-state index is 0.343. The molecule has 0 spiro atoms. The molecule has 1 aliphatic rings. The molecule has 0 amide bonds. The minimum Gasteiger partial charge on any atom is -0.314 e. The summed E-state index contributed by atoms with van der Waals surface area (Å²) >= 11 is 0. The van der Waals surface area contributed by atoms with Crippen molar-refractivity contribution in [2.45, 2.75) is 19.0 Å². The molecule has 0 saturated carbocycles. The molecule has 2 rings (SSSR count). The predicted octanol–water partition coefficient (Wildman–Crippen LogP) is 0.441. The lowest BCUT2D eigenvalue weighted by Crippen LogP contribution is -2.56. The van der Waals surface area contributed by atoms with Crippen LogP contribution in [0.5, 0.6) is 0 Å². The second-order valence-electron chi connectivity index (χ2n) is 3.78. The normalized spacial score (nSPS) is 19.4. The molecular formula is C10H16N4. The van der Waals surface area contributed by atoms with Crippen LogP contribution in [-0.2, 0) is 0 Å². The second-order valence-corrected chi connectivity index (χ2v) is 3.78. The fourth-order valence-electron chi connectivity index (χ4n) is 1.61. The molecule has 2 heterocycles. The van der Waals surface area contributed by atoms with Gasteiger partial charge in [-0.05, 0) is 14.0 Å². The average Bonchev–Trinajstić information content (AvgIpc) is 2.15. The maximum Gasteiger partial charge on any atom is 0.0755 e. The monoisotopic (exact) mass is 192 g/mol. The van der Waals surface area contributed by atoms with Crippen molar-refractivity contribution in [3.05, 3.63) is 24.3 Å². The van der Waals surface area contributed by atoms with Gasteiger partial charge in [-0.3, -0.25) is 14.9 Å². The van der Waals surface area contributed by atoms with Crippen molar-refractivity contribution >= 4 is 0 Å². The third-order valence-corrected chi connectivity index (χ3v) is 2.96. The number of likely N-dealkylation sites (N-methyl/N-ethyl adjacent to an activating group) is 1. The zero-order valence-electron chi connectivity index (χ0n) is 8.64. The second kappa shape index (κ2) is 4.02. The summed E-state index contributed by atoms with van der Waals surface area (Å²) in [5, 5.41) is 3.27. The van der Waals surface area contributed by atoms with Crippen molar-refractivity contribution in [2.75, 3.05) is 20.1 Å². The van der Waals surface area contributed by atoms with Crippen LogP contribution in [0.25, 0.3) is 0 Å². The third-order valence-electron chi connectivity index (χ3n) is 2.96. The highest BCUT2D eigenvalue weighted by atomic mass is 15.2. The van der Waals surface area contributed by atoms with E-state index in [0.717, 1.165) is 18.8 Å². The van der Waals surface area contributed by atoms with Crippen LogP contribution >= 0.6 is 0 Å². The Kier molecular flexibility index (Phi) is 2.74. The van der Waals surface area contributed by atoms with Gasteiger partial charge >= 0.3 is 0 Å². The minimum atomic E-state index is 0.343. The molecule has 1 unspecified atom stereocenters. The van der Waals surface area contributed by atoms with Gasteiger partial charge in [-0.1, -0.05) is 0 Å². The first kappa shape index (κ1) is 9.55. The van der Waals surface area contributed by atoms with Crippen LogP contribution < -0.4 is 5.32 Å². The molecule has 0 bridgehead atoms. The highest BCUT2D eigenvalue weighted by molar-refractivity contribution is 5.02. The summed E-state index contributed by atoms with van der Waals surface area (Å²) in [6.45, 7) is 4.34. The maximum atomic E-state index is 4.32. The lowest BCUT2D eigenvalue weighted by atomic mass is 10.1. The van der Waals surface area contributed by atoms with Gasteiger partial charge in [-0.15, -0.1) is 0 Å². The van der Waals surface area contributed by atoms with E-state index < -0.39 is 0 Å². The van der Waals surface area contributed by atoms with E-state index in [1.807, 2.05) is 6.20 Å². The number of rotatable bonds is 3. The third kappa shape index (κ3) is 1.76. The van der Waals surface area contributed by atoms with E-state index in [9.17, 15) is 0 Å². The summed E-state index contributed by atoms with van der Waals surface area (Å²) in [7, 11) is 2.14. The average molecular weight is 192 g/mol. The van der Waals surface area contributed by atoms with Crippen LogP contribution in [0.3, 0.4) is 0 Å². The van der Waals surface area contributed by atoms with E-state index in [0.29, 0.717) is 12.1 Å². The van der Waals surface area contributed by atoms with Gasteiger partial charge in [0.2, 0.25) is 0 Å². The largest absolute Gasteiger partial charge is 0.314 e. The van der Waals surface area contributed by atoms with Crippen molar-refractivity contribution in [3.8, 4) is 0 Å². The number of nitrogens with zero attached hydrogens (tertiary/aromatic N) is 3. The topological polar surface area (TPSA) is 41.1 Å². The molecule has 0 aliphatic carbocycles. The van der Waals surface area contributed by atoms with Gasteiger partial charge in [-0.25, -0.2) is 0 Å². The standard InChI is InChI=1S/C10H16N4/c1-8(10-7-11-3-4-13-10)14(2)9-5-12-6-9/h3-4,7-9,12H,5-6H2,1-2H3. The predicted molar refractivity (Wildman–Crippen MR) is 54.9 cm³/mol. The molecule has 4 nitrogen and oxygen atoms in total. The molecule has 1 aromatic rings. The molecule has 1 fully saturated rings. The van der Waals surface area contributed by atoms with E-state index >= 15 is 0 Å². The smallest absolute Gasteiger partial charge is 0.0755 e. The molecule has 1 saturated heterocycles. The van der Waals surface area contributed by atoms with E-state index in [2.05, 4.69) is 34.2 Å². The Hall–Kier alpha value is -1.00. The Morgan fingerprint density at radius 3 is 2.79 bits per heavy atom. The van der Waals surface area contributed by atoms with Gasteiger partial charge in [0, 0.05) is 37.7 Å². The summed E-state index contributed by atoms with van der Waals surface area (Å²) in [5.74, 6) is 0. The van der Waals surface area contributed by atoms with E-state index in [-0.39, 0.29) is 0 Å². The number of hydrogen-bond donors (Lipinski definition) is 1. The fraction of sp³-hybridized carbons (Fsp3) is 0.600. The lowest BCUT2D eigenvalue weighted by Gasteiger charge is -2.38. The fourth-order valence-corrected chi connectivity index (χ4v) is 1.61. The maximum absolute atomic E-state index is 4.32. The SMILES string of the molecule is CC(c1cnccn1)N(C)C1CNC1. The van der Waals surface area contributed by atoms with Gasteiger partial charge < -0.3 is 5.32 Å². The molecule has 4 heteroatoms. The highest BCUT2D eigenvalue weighted by Crippen LogP contribution is 2.19. The van der Waals surface area contributed by atoms with Crippen molar-refractivity contribution in [1.82, 2.24) is 20.2 Å². The quantitative estimate of drug-likeness (QED) is 0.754. The van der Waals surface area contributed by atoms with Crippen molar-refractivity contribution in [1.29, 1.82) is 0 Å². The Balaban J connectivity index is 2.03. The lowest BCUT2D eigenvalue weighted by molar-refractivity contribution is 0.134. The van der Waals surface area contributed by atoms with Gasteiger partial charge in [-0.2, -0.15) is 0 Å². The zero-order valence-corrected chi connectivity index (χ0v) is 8.64. The van der Waals surface area contributed by atoms with Gasteiger partial charge in [0.05, 0.1) is 11.7 Å². The van der Waals surface area contributed by atoms with Crippen LogP contribution in [0, 0.1) is 0 Å². The van der Waals surface area contributed by atoms with E-state index in [1.165, 1.54) is 0 Å². The van der Waals surface area contributed by atoms with Crippen LogP contribution in [0.15, 0.2) is 18.6 Å². The Morgan fingerprint density at radius 1 is 1.50 bits per heavy atom. The van der Waals surface area contributed by atoms with Crippen LogP contribution in [0.4, 0.5) is 0 Å². The molecule has 1 N–H and O–H groups in total.